The number of benzene rings is 8. The predicted octanol–water partition coefficient (Wildman–Crippen LogP) is 12.5. The second kappa shape index (κ2) is 11.2. The zero-order valence-electron chi connectivity index (χ0n) is 27.9. The molecule has 1 aliphatic rings. The van der Waals surface area contributed by atoms with Gasteiger partial charge in [0.05, 0.1) is 22.6 Å². The summed E-state index contributed by atoms with van der Waals surface area (Å²) in [4.78, 5) is 17.8. The summed E-state index contributed by atoms with van der Waals surface area (Å²) in [5, 5.41) is 6.74. The minimum atomic E-state index is 0.565. The van der Waals surface area contributed by atoms with Crippen molar-refractivity contribution in [3.05, 3.63) is 170 Å². The molecule has 10 aromatic rings. The lowest BCUT2D eigenvalue weighted by molar-refractivity contribution is 0.669. The zero-order chi connectivity index (χ0) is 34.2. The van der Waals surface area contributed by atoms with Gasteiger partial charge in [-0.25, -0.2) is 15.0 Å². The average molecular weight is 665 g/mol. The number of nitrogens with zero attached hydrogens (tertiary/aromatic N) is 4. The van der Waals surface area contributed by atoms with Gasteiger partial charge in [-0.1, -0.05) is 133 Å². The van der Waals surface area contributed by atoms with Gasteiger partial charge < -0.3 is 9.32 Å². The number of para-hydroxylation sites is 3. The van der Waals surface area contributed by atoms with Crippen LogP contribution in [0.4, 0.5) is 17.1 Å². The van der Waals surface area contributed by atoms with Gasteiger partial charge in [0.2, 0.25) is 0 Å². The average Bonchev–Trinajstić information content (AvgIpc) is 3.60. The summed E-state index contributed by atoms with van der Waals surface area (Å²) in [5.41, 5.74) is 10.2. The number of hydrogen-bond donors (Lipinski definition) is 0. The smallest absolute Gasteiger partial charge is 0.167 e. The van der Waals surface area contributed by atoms with E-state index in [1.807, 2.05) is 60.7 Å². The zero-order valence-corrected chi connectivity index (χ0v) is 27.9. The van der Waals surface area contributed by atoms with Gasteiger partial charge in [-0.05, 0) is 52.7 Å². The van der Waals surface area contributed by atoms with E-state index >= 15 is 0 Å². The van der Waals surface area contributed by atoms with Crippen LogP contribution in [0.5, 0.6) is 0 Å². The van der Waals surface area contributed by atoms with E-state index in [2.05, 4.69) is 114 Å². The molecular formula is C47H28N4O. The summed E-state index contributed by atoms with van der Waals surface area (Å²) >= 11 is 0. The maximum Gasteiger partial charge on any atom is 0.167 e. The largest absolute Gasteiger partial charge is 0.455 e. The Hall–Kier alpha value is -7.11. The van der Waals surface area contributed by atoms with E-state index in [-0.39, 0.29) is 0 Å². The summed E-state index contributed by atoms with van der Waals surface area (Å²) in [5.74, 6) is 1.77. The van der Waals surface area contributed by atoms with Gasteiger partial charge in [0.15, 0.2) is 17.5 Å². The monoisotopic (exact) mass is 664 g/mol. The Bertz CT molecular complexity index is 3030. The van der Waals surface area contributed by atoms with Crippen LogP contribution in [0.3, 0.4) is 0 Å². The van der Waals surface area contributed by atoms with Crippen molar-refractivity contribution in [3.63, 3.8) is 0 Å². The van der Waals surface area contributed by atoms with Crippen molar-refractivity contribution in [2.45, 2.75) is 0 Å². The van der Waals surface area contributed by atoms with E-state index in [1.54, 1.807) is 0 Å². The van der Waals surface area contributed by atoms with Crippen LogP contribution < -0.4 is 4.90 Å². The molecule has 0 amide bonds. The van der Waals surface area contributed by atoms with Crippen LogP contribution in [0.15, 0.2) is 174 Å². The van der Waals surface area contributed by atoms with Crippen molar-refractivity contribution in [1.29, 1.82) is 0 Å². The van der Waals surface area contributed by atoms with E-state index in [0.29, 0.717) is 17.5 Å². The van der Waals surface area contributed by atoms with Crippen LogP contribution in [-0.4, -0.2) is 15.0 Å². The standard InChI is InChI=1S/C47H28N4O/c1-2-13-30(14-3-1)45-48-46(50-47(49-45)38-23-12-22-36-34-20-7-9-26-42(34)52-44(36)38)37-27-28-40(32-18-5-4-17-31(32)37)51-39-24-8-6-19-33(39)35-21-10-15-29-16-11-25-41(51)43(29)35/h1-28H. The number of aromatic nitrogens is 3. The molecule has 5 nitrogen and oxygen atoms in total. The van der Waals surface area contributed by atoms with E-state index in [1.165, 1.54) is 21.9 Å². The fraction of sp³-hybridized carbons (Fsp3) is 0. The molecule has 2 aromatic heterocycles. The molecule has 52 heavy (non-hydrogen) atoms. The van der Waals surface area contributed by atoms with Crippen molar-refractivity contribution < 1.29 is 4.42 Å². The van der Waals surface area contributed by atoms with E-state index in [4.69, 9.17) is 19.4 Å². The highest BCUT2D eigenvalue weighted by atomic mass is 16.3. The van der Waals surface area contributed by atoms with Crippen molar-refractivity contribution >= 4 is 60.5 Å². The molecule has 5 heteroatoms. The van der Waals surface area contributed by atoms with Crippen LogP contribution in [0.2, 0.25) is 0 Å². The highest BCUT2D eigenvalue weighted by Gasteiger charge is 2.27. The number of anilines is 3. The highest BCUT2D eigenvalue weighted by Crippen LogP contribution is 2.52. The molecule has 3 heterocycles. The van der Waals surface area contributed by atoms with Crippen LogP contribution in [0, 0.1) is 0 Å². The topological polar surface area (TPSA) is 55.1 Å². The first-order valence-electron chi connectivity index (χ1n) is 17.5. The van der Waals surface area contributed by atoms with Crippen LogP contribution in [-0.2, 0) is 0 Å². The first kappa shape index (κ1) is 28.7. The maximum absolute atomic E-state index is 6.45. The van der Waals surface area contributed by atoms with Crippen molar-refractivity contribution in [2.75, 3.05) is 4.90 Å². The first-order valence-corrected chi connectivity index (χ1v) is 17.5. The molecule has 0 saturated carbocycles. The third-order valence-corrected chi connectivity index (χ3v) is 10.3. The van der Waals surface area contributed by atoms with Gasteiger partial charge in [0.25, 0.3) is 0 Å². The van der Waals surface area contributed by atoms with E-state index < -0.39 is 0 Å². The van der Waals surface area contributed by atoms with Crippen LogP contribution in [0.25, 0.3) is 88.8 Å². The summed E-state index contributed by atoms with van der Waals surface area (Å²) < 4.78 is 6.45. The summed E-state index contributed by atoms with van der Waals surface area (Å²) in [6, 6.07) is 59.2. The third-order valence-electron chi connectivity index (χ3n) is 10.3. The molecule has 0 aliphatic carbocycles. The molecule has 11 rings (SSSR count). The predicted molar refractivity (Wildman–Crippen MR) is 212 cm³/mol. The third kappa shape index (κ3) is 4.26. The SMILES string of the molecule is c1ccc(-c2nc(-c3ccc(N4c5ccccc5-c5cccc6cccc4c56)c4ccccc34)nc(-c3cccc4c3oc3ccccc34)n2)cc1. The fourth-order valence-corrected chi connectivity index (χ4v) is 7.95. The lowest BCUT2D eigenvalue weighted by Crippen LogP contribution is -2.15. The first-order chi connectivity index (χ1) is 25.8. The van der Waals surface area contributed by atoms with Gasteiger partial charge in [-0.3, -0.25) is 0 Å². The molecule has 0 bridgehead atoms. The van der Waals surface area contributed by atoms with Gasteiger partial charge >= 0.3 is 0 Å². The second-order valence-electron chi connectivity index (χ2n) is 13.2. The minimum Gasteiger partial charge on any atom is -0.455 e. The van der Waals surface area contributed by atoms with Crippen molar-refractivity contribution in [1.82, 2.24) is 15.0 Å². The molecular weight excluding hydrogens is 637 g/mol. The molecule has 0 fully saturated rings. The Morgan fingerprint density at radius 2 is 0.981 bits per heavy atom. The lowest BCUT2D eigenvalue weighted by atomic mass is 9.90. The molecule has 1 aliphatic heterocycles. The van der Waals surface area contributed by atoms with E-state index in [9.17, 15) is 0 Å². The quantitative estimate of drug-likeness (QED) is 0.187. The highest BCUT2D eigenvalue weighted by molar-refractivity contribution is 6.16. The Labute approximate surface area is 299 Å². The van der Waals surface area contributed by atoms with Gasteiger partial charge in [-0.15, -0.1) is 0 Å². The number of hydrogen-bond acceptors (Lipinski definition) is 5. The number of fused-ring (bicyclic) bond motifs is 6. The molecule has 0 N–H and O–H groups in total. The normalized spacial score (nSPS) is 12.2. The Balaban J connectivity index is 1.15. The number of rotatable bonds is 4. The minimum absolute atomic E-state index is 0.565. The molecule has 0 spiro atoms. The Kier molecular flexibility index (Phi) is 6.18. The van der Waals surface area contributed by atoms with E-state index in [0.717, 1.165) is 66.5 Å². The van der Waals surface area contributed by atoms with Crippen LogP contribution >= 0.6 is 0 Å². The molecule has 242 valence electrons. The van der Waals surface area contributed by atoms with Crippen molar-refractivity contribution in [3.8, 4) is 45.3 Å². The maximum atomic E-state index is 6.45. The second-order valence-corrected chi connectivity index (χ2v) is 13.2. The Morgan fingerprint density at radius 1 is 0.365 bits per heavy atom. The van der Waals surface area contributed by atoms with Crippen molar-refractivity contribution in [2.24, 2.45) is 0 Å². The fourth-order valence-electron chi connectivity index (χ4n) is 7.95. The molecule has 8 aromatic carbocycles. The summed E-state index contributed by atoms with van der Waals surface area (Å²) in [6.07, 6.45) is 0. The van der Waals surface area contributed by atoms with Gasteiger partial charge in [-0.2, -0.15) is 0 Å². The van der Waals surface area contributed by atoms with Crippen LogP contribution in [0.1, 0.15) is 0 Å². The lowest BCUT2D eigenvalue weighted by Gasteiger charge is -2.34. The summed E-state index contributed by atoms with van der Waals surface area (Å²) in [7, 11) is 0. The van der Waals surface area contributed by atoms with Gasteiger partial charge in [0, 0.05) is 38.2 Å². The molecule has 0 saturated heterocycles. The number of furan rings is 1. The molecule has 0 unspecified atom stereocenters. The molecule has 0 radical (unpaired) electrons. The summed E-state index contributed by atoms with van der Waals surface area (Å²) in [6.45, 7) is 0. The molecule has 0 atom stereocenters. The van der Waals surface area contributed by atoms with Gasteiger partial charge in [0.1, 0.15) is 11.2 Å². The Morgan fingerprint density at radius 3 is 1.87 bits per heavy atom.